The van der Waals surface area contributed by atoms with Crippen LogP contribution in [-0.4, -0.2) is 71.3 Å². The van der Waals surface area contributed by atoms with Crippen molar-refractivity contribution < 1.29 is 9.59 Å². The normalized spacial score (nSPS) is 30.0. The van der Waals surface area contributed by atoms with Crippen LogP contribution in [0.5, 0.6) is 0 Å². The summed E-state index contributed by atoms with van der Waals surface area (Å²) in [5, 5.41) is 0. The molecule has 0 N–H and O–H groups in total. The van der Waals surface area contributed by atoms with Crippen LogP contribution in [0.4, 0.5) is 0 Å². The first-order chi connectivity index (χ1) is 10.7. The van der Waals surface area contributed by atoms with Crippen LogP contribution >= 0.6 is 0 Å². The van der Waals surface area contributed by atoms with Crippen molar-refractivity contribution in [2.75, 3.05) is 32.7 Å². The molecule has 0 aromatic rings. The van der Waals surface area contributed by atoms with Crippen LogP contribution in [0.15, 0.2) is 0 Å². The van der Waals surface area contributed by atoms with Crippen molar-refractivity contribution in [2.24, 2.45) is 0 Å². The Balaban J connectivity index is 1.60. The maximum absolute atomic E-state index is 12.5. The van der Waals surface area contributed by atoms with Crippen molar-refractivity contribution in [1.82, 2.24) is 14.7 Å². The molecule has 0 bridgehead atoms. The Hall–Kier alpha value is -1.10. The summed E-state index contributed by atoms with van der Waals surface area (Å²) in [6.45, 7) is 5.99. The van der Waals surface area contributed by atoms with Crippen LogP contribution < -0.4 is 0 Å². The molecule has 0 saturated carbocycles. The first kappa shape index (κ1) is 15.8. The van der Waals surface area contributed by atoms with Crippen LogP contribution in [0, 0.1) is 0 Å². The van der Waals surface area contributed by atoms with Crippen molar-refractivity contribution in [3.05, 3.63) is 0 Å². The SMILES string of the molecule is CC(=O)N1CCCC1C1CCCN1CC(=O)N1CCCCC1. The van der Waals surface area contributed by atoms with Crippen LogP contribution in [0.3, 0.4) is 0 Å². The van der Waals surface area contributed by atoms with Crippen LogP contribution in [-0.2, 0) is 9.59 Å². The first-order valence-electron chi connectivity index (χ1n) is 8.96. The van der Waals surface area contributed by atoms with E-state index in [1.54, 1.807) is 6.92 Å². The minimum atomic E-state index is 0.191. The Labute approximate surface area is 133 Å². The Bertz CT molecular complexity index is 420. The number of nitrogens with zero attached hydrogens (tertiary/aromatic N) is 3. The molecule has 22 heavy (non-hydrogen) atoms. The highest BCUT2D eigenvalue weighted by Crippen LogP contribution is 2.30. The fraction of sp³-hybridized carbons (Fsp3) is 0.882. The van der Waals surface area contributed by atoms with Crippen molar-refractivity contribution in [3.8, 4) is 0 Å². The summed E-state index contributed by atoms with van der Waals surface area (Å²) in [5.41, 5.74) is 0. The summed E-state index contributed by atoms with van der Waals surface area (Å²) in [5.74, 6) is 0.482. The molecule has 0 aromatic heterocycles. The quantitative estimate of drug-likeness (QED) is 0.793. The topological polar surface area (TPSA) is 43.9 Å². The fourth-order valence-electron chi connectivity index (χ4n) is 4.48. The van der Waals surface area contributed by atoms with E-state index in [9.17, 15) is 9.59 Å². The summed E-state index contributed by atoms with van der Waals surface area (Å²) in [7, 11) is 0. The molecule has 3 fully saturated rings. The van der Waals surface area contributed by atoms with E-state index in [2.05, 4.69) is 4.90 Å². The van der Waals surface area contributed by atoms with Gasteiger partial charge in [-0.05, 0) is 51.5 Å². The van der Waals surface area contributed by atoms with E-state index in [4.69, 9.17) is 0 Å². The van der Waals surface area contributed by atoms with Gasteiger partial charge in [0.1, 0.15) is 0 Å². The highest BCUT2D eigenvalue weighted by molar-refractivity contribution is 5.78. The van der Waals surface area contributed by atoms with Crippen LogP contribution in [0.2, 0.25) is 0 Å². The van der Waals surface area contributed by atoms with E-state index in [0.717, 1.165) is 64.7 Å². The molecule has 3 aliphatic heterocycles. The second-order valence-corrected chi connectivity index (χ2v) is 7.04. The molecular formula is C17H29N3O2. The maximum atomic E-state index is 12.5. The number of piperidine rings is 1. The number of carbonyl (C=O) groups excluding carboxylic acids is 2. The second-order valence-electron chi connectivity index (χ2n) is 7.04. The van der Waals surface area contributed by atoms with Gasteiger partial charge in [-0.3, -0.25) is 14.5 Å². The molecule has 2 unspecified atom stereocenters. The number of rotatable bonds is 3. The second kappa shape index (κ2) is 6.99. The standard InChI is InChI=1S/C17H29N3O2/c1-14(21)20-12-6-8-16(20)15-7-5-11-19(15)13-17(22)18-9-3-2-4-10-18/h15-16H,2-13H2,1H3. The van der Waals surface area contributed by atoms with Crippen LogP contribution in [0.1, 0.15) is 51.9 Å². The minimum absolute atomic E-state index is 0.191. The predicted octanol–water partition coefficient (Wildman–Crippen LogP) is 1.47. The van der Waals surface area contributed by atoms with Crippen molar-refractivity contribution in [1.29, 1.82) is 0 Å². The Morgan fingerprint density at radius 2 is 1.55 bits per heavy atom. The molecule has 5 nitrogen and oxygen atoms in total. The Morgan fingerprint density at radius 3 is 2.27 bits per heavy atom. The smallest absolute Gasteiger partial charge is 0.236 e. The van der Waals surface area contributed by atoms with E-state index < -0.39 is 0 Å². The molecule has 3 saturated heterocycles. The number of likely N-dealkylation sites (tertiary alicyclic amines) is 3. The van der Waals surface area contributed by atoms with Gasteiger partial charge in [0.05, 0.1) is 6.54 Å². The molecule has 2 amide bonds. The molecule has 2 atom stereocenters. The summed E-state index contributed by atoms with van der Waals surface area (Å²) >= 11 is 0. The summed E-state index contributed by atoms with van der Waals surface area (Å²) in [6, 6.07) is 0.717. The van der Waals surface area contributed by atoms with Crippen molar-refractivity contribution in [2.45, 2.75) is 64.0 Å². The monoisotopic (exact) mass is 307 g/mol. The molecule has 0 spiro atoms. The first-order valence-corrected chi connectivity index (χ1v) is 8.96. The van der Waals surface area contributed by atoms with Gasteiger partial charge < -0.3 is 9.80 Å². The number of amides is 2. The van der Waals surface area contributed by atoms with Crippen LogP contribution in [0.25, 0.3) is 0 Å². The minimum Gasteiger partial charge on any atom is -0.342 e. The molecule has 0 aromatic carbocycles. The molecule has 0 radical (unpaired) electrons. The van der Waals surface area contributed by atoms with E-state index in [1.165, 1.54) is 6.42 Å². The maximum Gasteiger partial charge on any atom is 0.236 e. The average molecular weight is 307 g/mol. The van der Waals surface area contributed by atoms with Gasteiger partial charge in [0.2, 0.25) is 11.8 Å². The Kier molecular flexibility index (Phi) is 5.01. The molecule has 3 aliphatic rings. The van der Waals surface area contributed by atoms with Gasteiger partial charge in [-0.25, -0.2) is 0 Å². The zero-order valence-electron chi connectivity index (χ0n) is 13.8. The van der Waals surface area contributed by atoms with Gasteiger partial charge in [-0.1, -0.05) is 0 Å². The highest BCUT2D eigenvalue weighted by atomic mass is 16.2. The van der Waals surface area contributed by atoms with E-state index in [-0.39, 0.29) is 5.91 Å². The molecule has 5 heteroatoms. The zero-order valence-corrected chi connectivity index (χ0v) is 13.8. The zero-order chi connectivity index (χ0) is 15.5. The van der Waals surface area contributed by atoms with Crippen molar-refractivity contribution in [3.63, 3.8) is 0 Å². The summed E-state index contributed by atoms with van der Waals surface area (Å²) in [4.78, 5) is 30.8. The lowest BCUT2D eigenvalue weighted by Crippen LogP contribution is -2.51. The number of hydrogen-bond donors (Lipinski definition) is 0. The third-order valence-corrected chi connectivity index (χ3v) is 5.61. The lowest BCUT2D eigenvalue weighted by molar-refractivity contribution is -0.134. The molecule has 3 heterocycles. The molecular weight excluding hydrogens is 278 g/mol. The van der Waals surface area contributed by atoms with E-state index >= 15 is 0 Å². The molecule has 124 valence electrons. The Morgan fingerprint density at radius 1 is 0.864 bits per heavy atom. The van der Waals surface area contributed by atoms with Crippen molar-refractivity contribution >= 4 is 11.8 Å². The average Bonchev–Trinajstić information content (AvgIpc) is 3.16. The van der Waals surface area contributed by atoms with Gasteiger partial charge in [0.15, 0.2) is 0 Å². The van der Waals surface area contributed by atoms with Gasteiger partial charge in [-0.2, -0.15) is 0 Å². The lowest BCUT2D eigenvalue weighted by Gasteiger charge is -2.36. The molecule has 0 aliphatic carbocycles. The largest absolute Gasteiger partial charge is 0.342 e. The summed E-state index contributed by atoms with van der Waals surface area (Å²) in [6.07, 6.45) is 8.03. The third kappa shape index (κ3) is 3.29. The van der Waals surface area contributed by atoms with E-state index in [1.807, 2.05) is 9.80 Å². The third-order valence-electron chi connectivity index (χ3n) is 5.61. The number of hydrogen-bond acceptors (Lipinski definition) is 3. The lowest BCUT2D eigenvalue weighted by atomic mass is 10.0. The van der Waals surface area contributed by atoms with E-state index in [0.29, 0.717) is 24.5 Å². The predicted molar refractivity (Wildman–Crippen MR) is 85.4 cm³/mol. The number of carbonyl (C=O) groups is 2. The fourth-order valence-corrected chi connectivity index (χ4v) is 4.48. The highest BCUT2D eigenvalue weighted by Gasteiger charge is 2.39. The summed E-state index contributed by atoms with van der Waals surface area (Å²) < 4.78 is 0. The van der Waals surface area contributed by atoms with Gasteiger partial charge in [0, 0.05) is 38.6 Å². The van der Waals surface area contributed by atoms with Gasteiger partial charge in [-0.15, -0.1) is 0 Å². The molecule has 3 rings (SSSR count). The van der Waals surface area contributed by atoms with Gasteiger partial charge in [0.25, 0.3) is 0 Å². The van der Waals surface area contributed by atoms with Gasteiger partial charge >= 0.3 is 0 Å².